The molecule has 0 radical (unpaired) electrons. The first-order valence-corrected chi connectivity index (χ1v) is 36.2. The third kappa shape index (κ3) is 63.2. The van der Waals surface area contributed by atoms with E-state index in [0.717, 1.165) is 128 Å². The highest BCUT2D eigenvalue weighted by Gasteiger charge is 2.30. The van der Waals surface area contributed by atoms with Crippen molar-refractivity contribution in [2.75, 3.05) is 40.9 Å². The molecule has 0 heterocycles. The van der Waals surface area contributed by atoms with Crippen molar-refractivity contribution < 1.29 is 37.3 Å². The molecule has 84 heavy (non-hydrogen) atoms. The molecule has 0 bridgehead atoms. The predicted octanol–water partition coefficient (Wildman–Crippen LogP) is 22.1. The summed E-state index contributed by atoms with van der Waals surface area (Å²) in [6.07, 6.45) is 86.6. The van der Waals surface area contributed by atoms with E-state index < -0.39 is 20.0 Å². The van der Waals surface area contributed by atoms with E-state index >= 15 is 0 Å². The van der Waals surface area contributed by atoms with Crippen LogP contribution in [-0.4, -0.2) is 74.3 Å². The Morgan fingerprint density at radius 1 is 0.429 bits per heavy atom. The van der Waals surface area contributed by atoms with Gasteiger partial charge in [0.2, 0.25) is 5.91 Å². The van der Waals surface area contributed by atoms with Crippen molar-refractivity contribution in [3.8, 4) is 0 Å². The first kappa shape index (κ1) is 80.7. The summed E-state index contributed by atoms with van der Waals surface area (Å²) in [7, 11) is 1.48. The molecule has 3 unspecified atom stereocenters. The smallest absolute Gasteiger partial charge is 0.456 e. The van der Waals surface area contributed by atoms with Crippen molar-refractivity contribution in [2.24, 2.45) is 0 Å². The summed E-state index contributed by atoms with van der Waals surface area (Å²) in [6.45, 7) is 6.87. The van der Waals surface area contributed by atoms with E-state index in [9.17, 15) is 19.0 Å². The van der Waals surface area contributed by atoms with Crippen molar-refractivity contribution in [2.45, 2.75) is 309 Å². The minimum atomic E-state index is -4.46. The van der Waals surface area contributed by atoms with Crippen LogP contribution in [0.5, 0.6) is 0 Å². The highest BCUT2D eigenvalue weighted by atomic mass is 31.2. The van der Waals surface area contributed by atoms with E-state index in [1.165, 1.54) is 135 Å². The molecule has 0 aromatic heterocycles. The third-order valence-electron chi connectivity index (χ3n) is 14.9. The molecule has 0 aromatic carbocycles. The minimum Gasteiger partial charge on any atom is -0.456 e. The first-order chi connectivity index (χ1) is 40.9. The molecule has 484 valence electrons. The minimum absolute atomic E-state index is 0.0329. The lowest BCUT2D eigenvalue weighted by Gasteiger charge is -2.27. The molecule has 0 fully saturated rings. The predicted molar refractivity (Wildman–Crippen MR) is 364 cm³/mol. The number of likely N-dealkylation sites (N-methyl/N-ethyl adjacent to an activating group) is 1. The number of hydrogen-bond acceptors (Lipinski definition) is 6. The number of unbranched alkanes of at least 4 members (excludes halogenated alkanes) is 30. The van der Waals surface area contributed by atoms with Gasteiger partial charge in [0.05, 0.1) is 33.8 Å². The number of carbonyl (C=O) groups excluding carboxylic acids is 2. The zero-order valence-electron chi connectivity index (χ0n) is 55.4. The Hall–Kier alpha value is -3.33. The number of rotatable bonds is 62. The number of amides is 1. The Balaban J connectivity index is 5.14. The maximum atomic E-state index is 13.6. The summed E-state index contributed by atoms with van der Waals surface area (Å²) in [6, 6.07) is -0.862. The van der Waals surface area contributed by atoms with E-state index in [1.54, 1.807) is 0 Å². The highest BCUT2D eigenvalue weighted by molar-refractivity contribution is 7.47. The van der Waals surface area contributed by atoms with Gasteiger partial charge in [0, 0.05) is 12.8 Å². The van der Waals surface area contributed by atoms with Crippen LogP contribution in [0.3, 0.4) is 0 Å². The molecule has 0 aromatic rings. The van der Waals surface area contributed by atoms with Crippen LogP contribution in [0.2, 0.25) is 0 Å². The van der Waals surface area contributed by atoms with Crippen LogP contribution in [0.15, 0.2) is 109 Å². The lowest BCUT2D eigenvalue weighted by molar-refractivity contribution is -0.870. The Morgan fingerprint density at radius 2 is 0.762 bits per heavy atom. The van der Waals surface area contributed by atoms with Crippen molar-refractivity contribution >= 4 is 19.7 Å². The van der Waals surface area contributed by atoms with Crippen molar-refractivity contribution in [1.82, 2.24) is 5.32 Å². The number of allylic oxidation sites excluding steroid dienone is 17. The van der Waals surface area contributed by atoms with E-state index in [2.05, 4.69) is 123 Å². The fraction of sp³-hybridized carbons (Fsp3) is 0.730. The van der Waals surface area contributed by atoms with Gasteiger partial charge >= 0.3 is 13.8 Å². The molecule has 10 heteroatoms. The number of carbonyl (C=O) groups is 2. The van der Waals surface area contributed by atoms with Gasteiger partial charge in [-0.1, -0.05) is 278 Å². The molecule has 2 N–H and O–H groups in total. The number of phosphoric acid groups is 1. The standard InChI is InChI=1S/C74H131N2O7P/c1-7-10-13-16-19-22-25-28-30-32-34-36-37-38-39-41-42-44-46-48-51-54-57-60-63-66-73(77)75-71(70-82-84(79,80)81-69-68-76(4,5)6)72(65-62-59-56-53-50-27-24-21-18-15-12-9-3)83-74(78)67-64-61-58-55-52-49-47-45-43-40-35-33-31-29-26-23-20-17-14-11-8-2/h10,13,19-20,22-23,28-31,34-36,38-40,62,65,71-72H,7-9,11-12,14-18,21,24-27,32-33,37,41-61,63-64,66-70H2,1-6H3,(H-,75,77,79,80)/p+1/b13-10-,22-19-,23-20-,30-28-,31-29-,36-34-,39-38-,40-35-,65-62-. The van der Waals surface area contributed by atoms with Crippen molar-refractivity contribution in [3.63, 3.8) is 0 Å². The lowest BCUT2D eigenvalue weighted by Crippen LogP contribution is -2.47. The average Bonchev–Trinajstić information content (AvgIpc) is 3.64. The number of nitrogens with one attached hydrogen (secondary N) is 1. The van der Waals surface area contributed by atoms with Gasteiger partial charge in [0.15, 0.2) is 0 Å². The van der Waals surface area contributed by atoms with E-state index in [0.29, 0.717) is 17.4 Å². The summed E-state index contributed by atoms with van der Waals surface area (Å²) in [5, 5.41) is 3.06. The van der Waals surface area contributed by atoms with Gasteiger partial charge < -0.3 is 19.4 Å². The van der Waals surface area contributed by atoms with Gasteiger partial charge in [-0.25, -0.2) is 4.57 Å². The Labute approximate surface area is 519 Å². The summed E-state index contributed by atoms with van der Waals surface area (Å²) in [5.41, 5.74) is 0. The van der Waals surface area contributed by atoms with Crippen LogP contribution < -0.4 is 5.32 Å². The molecule has 0 aliphatic carbocycles. The van der Waals surface area contributed by atoms with Crippen LogP contribution in [-0.2, 0) is 27.9 Å². The van der Waals surface area contributed by atoms with Gasteiger partial charge in [-0.15, -0.1) is 0 Å². The Kier molecular flexibility index (Phi) is 60.2. The quantitative estimate of drug-likeness (QED) is 0.0205. The first-order valence-electron chi connectivity index (χ1n) is 34.7. The van der Waals surface area contributed by atoms with Crippen molar-refractivity contribution in [1.29, 1.82) is 0 Å². The van der Waals surface area contributed by atoms with Gasteiger partial charge in [0.1, 0.15) is 19.3 Å². The maximum Gasteiger partial charge on any atom is 0.472 e. The molecule has 0 aliphatic heterocycles. The SMILES string of the molecule is CC/C=C\C/C=C\C/C=C\C/C=C\C/C=C\CCCCCCCCCCCC(=O)NC(COP(=O)(O)OCC[N+](C)(C)C)C(/C=C\CCCCCCCCCCCC)OC(=O)CCCCCCCCCC/C=C\C/C=C\C/C=C\CCCCC. The van der Waals surface area contributed by atoms with E-state index in [1.807, 2.05) is 33.3 Å². The second-order valence-electron chi connectivity index (χ2n) is 24.3. The monoisotopic (exact) mass is 1190 g/mol. The third-order valence-corrected chi connectivity index (χ3v) is 15.9. The summed E-state index contributed by atoms with van der Waals surface area (Å²) >= 11 is 0. The van der Waals surface area contributed by atoms with Crippen LogP contribution in [0.25, 0.3) is 0 Å². The number of nitrogens with zero attached hydrogens (tertiary/aromatic N) is 1. The number of esters is 1. The van der Waals surface area contributed by atoms with Gasteiger partial charge in [0.25, 0.3) is 0 Å². The molecule has 0 saturated heterocycles. The Bertz CT molecular complexity index is 1810. The van der Waals surface area contributed by atoms with Gasteiger partial charge in [-0.2, -0.15) is 0 Å². The molecule has 0 rings (SSSR count). The summed E-state index contributed by atoms with van der Waals surface area (Å²) in [4.78, 5) is 37.9. The fourth-order valence-electron chi connectivity index (χ4n) is 9.62. The summed E-state index contributed by atoms with van der Waals surface area (Å²) in [5.74, 6) is -0.520. The summed E-state index contributed by atoms with van der Waals surface area (Å²) < 4.78 is 30.8. The maximum absolute atomic E-state index is 13.6. The van der Waals surface area contributed by atoms with Gasteiger partial charge in [-0.3, -0.25) is 18.6 Å². The number of hydrogen-bond donors (Lipinski definition) is 2. The zero-order valence-corrected chi connectivity index (χ0v) is 56.3. The van der Waals surface area contributed by atoms with Crippen LogP contribution >= 0.6 is 7.82 Å². The molecule has 3 atom stereocenters. The number of quaternary nitrogens is 1. The zero-order chi connectivity index (χ0) is 61.4. The molecular weight excluding hydrogens is 1060 g/mol. The van der Waals surface area contributed by atoms with Crippen LogP contribution in [0, 0.1) is 0 Å². The topological polar surface area (TPSA) is 111 Å². The molecule has 9 nitrogen and oxygen atoms in total. The molecule has 0 spiro atoms. The Morgan fingerprint density at radius 3 is 1.17 bits per heavy atom. The van der Waals surface area contributed by atoms with Crippen molar-refractivity contribution in [3.05, 3.63) is 109 Å². The molecule has 1 amide bonds. The van der Waals surface area contributed by atoms with E-state index in [4.69, 9.17) is 13.8 Å². The second-order valence-corrected chi connectivity index (χ2v) is 25.8. The van der Waals surface area contributed by atoms with Gasteiger partial charge in [-0.05, 0) is 115 Å². The average molecular weight is 1190 g/mol. The number of ether oxygens (including phenoxy) is 1. The molecule has 0 saturated carbocycles. The normalized spacial score (nSPS) is 14.2. The van der Waals surface area contributed by atoms with E-state index in [-0.39, 0.29) is 31.5 Å². The largest absolute Gasteiger partial charge is 0.472 e. The fourth-order valence-corrected chi connectivity index (χ4v) is 10.4. The number of phosphoric ester groups is 1. The molecule has 0 aliphatic rings. The lowest BCUT2D eigenvalue weighted by atomic mass is 10.0. The highest BCUT2D eigenvalue weighted by Crippen LogP contribution is 2.43. The van der Waals surface area contributed by atoms with Crippen LogP contribution in [0.4, 0.5) is 0 Å². The second kappa shape index (κ2) is 62.7. The molecular formula is C74H132N2O7P+. The van der Waals surface area contributed by atoms with Crippen LogP contribution in [0.1, 0.15) is 297 Å².